The minimum Gasteiger partial charge on any atom is -0.175 e. The molecule has 0 amide bonds. The molecule has 0 nitrogen and oxygen atoms in total. The Morgan fingerprint density at radius 3 is 3.17 bits per heavy atom. The van der Waals surface area contributed by atoms with Gasteiger partial charge in [0.25, 0.3) is 0 Å². The van der Waals surface area contributed by atoms with Gasteiger partial charge in [-0.1, -0.05) is 6.92 Å². The van der Waals surface area contributed by atoms with Gasteiger partial charge < -0.3 is 0 Å². The largest absolute Gasteiger partial charge is 0.175 e. The highest BCUT2D eigenvalue weighted by Crippen LogP contribution is 2.34. The Kier molecular flexibility index (Phi) is 6.14. The predicted octanol–water partition coefficient (Wildman–Crippen LogP) is 3.71. The average molecular weight is 238 g/mol. The second-order valence-electron chi connectivity index (χ2n) is 2.69. The average Bonchev–Trinajstić information content (AvgIpc) is 2.49. The molecule has 0 saturated carbocycles. The van der Waals surface area contributed by atoms with Gasteiger partial charge in [-0.2, -0.15) is 24.4 Å². The zero-order chi connectivity index (χ0) is 8.81. The van der Waals surface area contributed by atoms with Gasteiger partial charge in [0, 0.05) is 16.1 Å². The van der Waals surface area contributed by atoms with E-state index >= 15 is 0 Å². The lowest BCUT2D eigenvalue weighted by Crippen LogP contribution is -1.95. The standard InChI is InChI=1S/C8H14S4/c1-7(9)4-10-3-2-8-5-11-6-12-8/h5,7,9H,2-4,6H2,1H3. The lowest BCUT2D eigenvalue weighted by atomic mass is 10.5. The number of hydrogen-bond acceptors (Lipinski definition) is 4. The van der Waals surface area contributed by atoms with E-state index in [0.717, 1.165) is 0 Å². The minimum atomic E-state index is 0.537. The highest BCUT2D eigenvalue weighted by atomic mass is 32.2. The van der Waals surface area contributed by atoms with Gasteiger partial charge in [-0.05, 0) is 22.5 Å². The van der Waals surface area contributed by atoms with Gasteiger partial charge in [0.1, 0.15) is 0 Å². The quantitative estimate of drug-likeness (QED) is 0.573. The molecule has 1 atom stereocenters. The van der Waals surface area contributed by atoms with Crippen molar-refractivity contribution in [1.82, 2.24) is 0 Å². The molecular weight excluding hydrogens is 224 g/mol. The van der Waals surface area contributed by atoms with Crippen LogP contribution in [-0.2, 0) is 0 Å². The first kappa shape index (κ1) is 11.2. The van der Waals surface area contributed by atoms with E-state index in [9.17, 15) is 0 Å². The summed E-state index contributed by atoms with van der Waals surface area (Å²) in [5.41, 5.74) is 0. The first-order chi connectivity index (χ1) is 5.79. The van der Waals surface area contributed by atoms with E-state index in [1.165, 1.54) is 23.0 Å². The van der Waals surface area contributed by atoms with Gasteiger partial charge in [-0.25, -0.2) is 0 Å². The van der Waals surface area contributed by atoms with Gasteiger partial charge in [-0.3, -0.25) is 0 Å². The summed E-state index contributed by atoms with van der Waals surface area (Å²) in [7, 11) is 0. The van der Waals surface area contributed by atoms with Gasteiger partial charge >= 0.3 is 0 Å². The summed E-state index contributed by atoms with van der Waals surface area (Å²) in [4.78, 5) is 1.57. The van der Waals surface area contributed by atoms with Crippen molar-refractivity contribution < 1.29 is 0 Å². The third kappa shape index (κ3) is 5.00. The molecule has 1 heterocycles. The van der Waals surface area contributed by atoms with Crippen molar-refractivity contribution >= 4 is 47.9 Å². The van der Waals surface area contributed by atoms with Crippen LogP contribution in [0.15, 0.2) is 10.3 Å². The van der Waals surface area contributed by atoms with Crippen LogP contribution in [0.3, 0.4) is 0 Å². The fourth-order valence-corrected chi connectivity index (χ4v) is 4.32. The Bertz CT molecular complexity index is 153. The first-order valence-corrected chi connectivity index (χ1v) is 7.69. The van der Waals surface area contributed by atoms with Crippen molar-refractivity contribution in [3.8, 4) is 0 Å². The second-order valence-corrected chi connectivity index (χ2v) is 7.04. The Labute approximate surface area is 93.1 Å². The molecule has 0 aromatic carbocycles. The Balaban J connectivity index is 1.95. The molecular formula is C8H14S4. The maximum Gasteiger partial charge on any atom is 0.0478 e. The maximum absolute atomic E-state index is 4.34. The van der Waals surface area contributed by atoms with Crippen molar-refractivity contribution in [1.29, 1.82) is 0 Å². The lowest BCUT2D eigenvalue weighted by molar-refractivity contribution is 1.13. The zero-order valence-electron chi connectivity index (χ0n) is 7.16. The molecule has 70 valence electrons. The summed E-state index contributed by atoms with van der Waals surface area (Å²) in [5, 5.41) is 4.06. The van der Waals surface area contributed by atoms with Gasteiger partial charge in [0.2, 0.25) is 0 Å². The summed E-state index contributed by atoms with van der Waals surface area (Å²) in [6.45, 7) is 2.15. The number of thioether (sulfide) groups is 3. The summed E-state index contributed by atoms with van der Waals surface area (Å²) in [6.07, 6.45) is 1.25. The number of rotatable bonds is 5. The molecule has 0 bridgehead atoms. The second kappa shape index (κ2) is 6.57. The smallest absolute Gasteiger partial charge is 0.0478 e. The molecule has 0 saturated heterocycles. The lowest BCUT2D eigenvalue weighted by Gasteiger charge is -2.03. The zero-order valence-corrected chi connectivity index (χ0v) is 10.5. The molecule has 1 rings (SSSR count). The SMILES string of the molecule is CC(S)CSCCC1=CSCS1. The van der Waals surface area contributed by atoms with Crippen LogP contribution in [0.4, 0.5) is 0 Å². The van der Waals surface area contributed by atoms with E-state index in [1.54, 1.807) is 4.91 Å². The van der Waals surface area contributed by atoms with Crippen LogP contribution in [0.5, 0.6) is 0 Å². The van der Waals surface area contributed by atoms with E-state index in [0.29, 0.717) is 5.25 Å². The molecule has 0 spiro atoms. The summed E-state index contributed by atoms with van der Waals surface area (Å²) < 4.78 is 0. The van der Waals surface area contributed by atoms with Crippen molar-refractivity contribution in [2.45, 2.75) is 18.6 Å². The molecule has 12 heavy (non-hydrogen) atoms. The van der Waals surface area contributed by atoms with Crippen molar-refractivity contribution in [2.75, 3.05) is 16.6 Å². The molecule has 1 aliphatic heterocycles. The molecule has 1 aliphatic rings. The van der Waals surface area contributed by atoms with E-state index in [-0.39, 0.29) is 0 Å². The fourth-order valence-electron chi connectivity index (χ4n) is 0.828. The van der Waals surface area contributed by atoms with E-state index in [1.807, 2.05) is 35.3 Å². The van der Waals surface area contributed by atoms with E-state index < -0.39 is 0 Å². The van der Waals surface area contributed by atoms with Crippen LogP contribution in [0.25, 0.3) is 0 Å². The third-order valence-corrected chi connectivity index (χ3v) is 5.35. The molecule has 0 N–H and O–H groups in total. The topological polar surface area (TPSA) is 0 Å². The van der Waals surface area contributed by atoms with Crippen LogP contribution < -0.4 is 0 Å². The first-order valence-electron chi connectivity index (χ1n) is 3.98. The van der Waals surface area contributed by atoms with Crippen LogP contribution in [0, 0.1) is 0 Å². The van der Waals surface area contributed by atoms with E-state index in [2.05, 4.69) is 25.0 Å². The third-order valence-electron chi connectivity index (χ3n) is 1.38. The predicted molar refractivity (Wildman–Crippen MR) is 68.5 cm³/mol. The monoisotopic (exact) mass is 238 g/mol. The van der Waals surface area contributed by atoms with Gasteiger partial charge in [-0.15, -0.1) is 23.5 Å². The Hall–Kier alpha value is 1.14. The highest BCUT2D eigenvalue weighted by Gasteiger charge is 2.05. The maximum atomic E-state index is 4.34. The van der Waals surface area contributed by atoms with Crippen molar-refractivity contribution in [3.63, 3.8) is 0 Å². The molecule has 4 heteroatoms. The molecule has 0 aliphatic carbocycles. The van der Waals surface area contributed by atoms with Crippen LogP contribution >= 0.6 is 47.9 Å². The number of allylic oxidation sites excluding steroid dienone is 1. The summed E-state index contributed by atoms with van der Waals surface area (Å²) in [6, 6.07) is 0. The van der Waals surface area contributed by atoms with Crippen LogP contribution in [0.2, 0.25) is 0 Å². The molecule has 0 aromatic rings. The van der Waals surface area contributed by atoms with Crippen LogP contribution in [0.1, 0.15) is 13.3 Å². The Morgan fingerprint density at radius 1 is 1.75 bits per heavy atom. The molecule has 1 unspecified atom stereocenters. The van der Waals surface area contributed by atoms with Crippen molar-refractivity contribution in [2.24, 2.45) is 0 Å². The highest BCUT2D eigenvalue weighted by molar-refractivity contribution is 8.22. The normalized spacial score (nSPS) is 19.3. The van der Waals surface area contributed by atoms with E-state index in [4.69, 9.17) is 0 Å². The number of thiol groups is 1. The summed E-state index contributed by atoms with van der Waals surface area (Å²) >= 11 is 10.3. The molecule has 0 fully saturated rings. The molecule has 0 aromatic heterocycles. The molecule has 0 radical (unpaired) electrons. The van der Waals surface area contributed by atoms with Crippen molar-refractivity contribution in [3.05, 3.63) is 10.3 Å². The summed E-state index contributed by atoms with van der Waals surface area (Å²) in [5.74, 6) is 2.43. The number of hydrogen-bond donors (Lipinski definition) is 1. The Morgan fingerprint density at radius 2 is 2.58 bits per heavy atom. The van der Waals surface area contributed by atoms with Gasteiger partial charge in [0.15, 0.2) is 0 Å². The minimum absolute atomic E-state index is 0.537. The van der Waals surface area contributed by atoms with Gasteiger partial charge in [0.05, 0.1) is 0 Å². The fraction of sp³-hybridized carbons (Fsp3) is 0.750. The van der Waals surface area contributed by atoms with Crippen LogP contribution in [-0.4, -0.2) is 21.8 Å².